The SMILES string of the molecule is CCSc1ccc(NC=C(C#N)C#N)cn1. The Labute approximate surface area is 98.6 Å². The molecule has 0 aliphatic heterocycles. The van der Waals surface area contributed by atoms with Gasteiger partial charge in [0, 0.05) is 6.20 Å². The molecule has 0 bridgehead atoms. The van der Waals surface area contributed by atoms with E-state index in [9.17, 15) is 0 Å². The second-order valence-corrected chi connectivity index (χ2v) is 4.03. The molecule has 0 unspecified atom stereocenters. The number of aromatic nitrogens is 1. The minimum absolute atomic E-state index is 0.0343. The first-order valence-electron chi connectivity index (χ1n) is 4.66. The highest BCUT2D eigenvalue weighted by Gasteiger charge is 1.95. The molecular formula is C11H10N4S. The van der Waals surface area contributed by atoms with Crippen molar-refractivity contribution in [3.63, 3.8) is 0 Å². The summed E-state index contributed by atoms with van der Waals surface area (Å²) in [5.74, 6) is 0.979. The lowest BCUT2D eigenvalue weighted by atomic mass is 10.3. The van der Waals surface area contributed by atoms with Crippen LogP contribution in [0.2, 0.25) is 0 Å². The highest BCUT2D eigenvalue weighted by molar-refractivity contribution is 7.99. The Bertz CT molecular complexity index is 434. The molecule has 4 nitrogen and oxygen atoms in total. The van der Waals surface area contributed by atoms with Crippen LogP contribution in [-0.4, -0.2) is 10.7 Å². The van der Waals surface area contributed by atoms with Gasteiger partial charge in [-0.3, -0.25) is 0 Å². The van der Waals surface area contributed by atoms with E-state index in [0.717, 1.165) is 16.5 Å². The normalized spacial score (nSPS) is 8.69. The van der Waals surface area contributed by atoms with E-state index in [2.05, 4.69) is 17.2 Å². The number of thioether (sulfide) groups is 1. The van der Waals surface area contributed by atoms with Crippen LogP contribution in [-0.2, 0) is 0 Å². The van der Waals surface area contributed by atoms with Crippen molar-refractivity contribution < 1.29 is 0 Å². The summed E-state index contributed by atoms with van der Waals surface area (Å²) < 4.78 is 0. The summed E-state index contributed by atoms with van der Waals surface area (Å²) in [6.07, 6.45) is 3.03. The summed E-state index contributed by atoms with van der Waals surface area (Å²) in [4.78, 5) is 4.20. The van der Waals surface area contributed by atoms with Crippen LogP contribution in [0.4, 0.5) is 5.69 Å². The molecule has 0 aromatic carbocycles. The maximum absolute atomic E-state index is 8.52. The molecule has 0 spiro atoms. The Morgan fingerprint density at radius 2 is 2.25 bits per heavy atom. The number of rotatable bonds is 4. The summed E-state index contributed by atoms with van der Waals surface area (Å²) in [5, 5.41) is 20.8. The van der Waals surface area contributed by atoms with Crippen molar-refractivity contribution in [3.05, 3.63) is 30.1 Å². The molecule has 0 aliphatic carbocycles. The first-order chi connectivity index (χ1) is 7.80. The van der Waals surface area contributed by atoms with Crippen molar-refractivity contribution in [2.24, 2.45) is 0 Å². The molecule has 0 amide bonds. The average molecular weight is 230 g/mol. The lowest BCUT2D eigenvalue weighted by Gasteiger charge is -2.01. The Balaban J connectivity index is 2.67. The van der Waals surface area contributed by atoms with E-state index in [1.807, 2.05) is 12.1 Å². The van der Waals surface area contributed by atoms with E-state index in [1.165, 1.54) is 6.20 Å². The minimum Gasteiger partial charge on any atom is -0.359 e. The number of allylic oxidation sites excluding steroid dienone is 1. The van der Waals surface area contributed by atoms with Crippen molar-refractivity contribution in [1.29, 1.82) is 10.5 Å². The Kier molecular flexibility index (Phi) is 4.91. The summed E-state index contributed by atoms with van der Waals surface area (Å²) in [6.45, 7) is 2.06. The van der Waals surface area contributed by atoms with E-state index >= 15 is 0 Å². The molecule has 1 heterocycles. The summed E-state index contributed by atoms with van der Waals surface area (Å²) >= 11 is 1.66. The third-order valence-corrected chi connectivity index (χ3v) is 2.48. The van der Waals surface area contributed by atoms with Crippen molar-refractivity contribution in [2.45, 2.75) is 11.9 Å². The fourth-order valence-corrected chi connectivity index (χ4v) is 1.53. The zero-order chi connectivity index (χ0) is 11.8. The topological polar surface area (TPSA) is 72.5 Å². The van der Waals surface area contributed by atoms with Gasteiger partial charge in [-0.2, -0.15) is 10.5 Å². The van der Waals surface area contributed by atoms with Crippen LogP contribution in [0.1, 0.15) is 6.92 Å². The molecule has 1 N–H and O–H groups in total. The van der Waals surface area contributed by atoms with E-state index in [-0.39, 0.29) is 5.57 Å². The number of nitrogens with zero attached hydrogens (tertiary/aromatic N) is 3. The number of anilines is 1. The molecule has 80 valence electrons. The van der Waals surface area contributed by atoms with Gasteiger partial charge in [-0.25, -0.2) is 4.98 Å². The lowest BCUT2D eigenvalue weighted by molar-refractivity contribution is 1.13. The Morgan fingerprint density at radius 3 is 2.75 bits per heavy atom. The van der Waals surface area contributed by atoms with Crippen molar-refractivity contribution >= 4 is 17.4 Å². The molecule has 1 aromatic rings. The summed E-state index contributed by atoms with van der Waals surface area (Å²) in [5.41, 5.74) is 0.787. The molecule has 1 aromatic heterocycles. The molecular weight excluding hydrogens is 220 g/mol. The molecule has 0 radical (unpaired) electrons. The van der Waals surface area contributed by atoms with Crippen LogP contribution in [0.3, 0.4) is 0 Å². The van der Waals surface area contributed by atoms with Crippen LogP contribution in [0.5, 0.6) is 0 Å². The Morgan fingerprint density at radius 1 is 1.50 bits per heavy atom. The van der Waals surface area contributed by atoms with Crippen LogP contribution in [0.25, 0.3) is 0 Å². The van der Waals surface area contributed by atoms with Crippen LogP contribution >= 0.6 is 11.8 Å². The maximum atomic E-state index is 8.52. The molecule has 16 heavy (non-hydrogen) atoms. The van der Waals surface area contributed by atoms with Crippen LogP contribution in [0.15, 0.2) is 35.1 Å². The van der Waals surface area contributed by atoms with Gasteiger partial charge in [0.1, 0.15) is 17.7 Å². The lowest BCUT2D eigenvalue weighted by Crippen LogP contribution is -1.91. The predicted molar refractivity (Wildman–Crippen MR) is 63.6 cm³/mol. The second kappa shape index (κ2) is 6.49. The van der Waals surface area contributed by atoms with Gasteiger partial charge in [-0.15, -0.1) is 11.8 Å². The number of hydrogen-bond acceptors (Lipinski definition) is 5. The molecule has 5 heteroatoms. The molecule has 0 atom stereocenters. The minimum atomic E-state index is 0.0343. The third kappa shape index (κ3) is 3.64. The first-order valence-corrected chi connectivity index (χ1v) is 5.64. The standard InChI is InChI=1S/C11H10N4S/c1-2-16-11-4-3-10(8-15-11)14-7-9(5-12)6-13/h3-4,7-8,14H,2H2,1H3. The molecule has 0 saturated heterocycles. The van der Waals surface area contributed by atoms with Gasteiger partial charge in [0.25, 0.3) is 0 Å². The maximum Gasteiger partial charge on any atom is 0.145 e. The van der Waals surface area contributed by atoms with E-state index in [1.54, 1.807) is 30.1 Å². The number of hydrogen-bond donors (Lipinski definition) is 1. The van der Waals surface area contributed by atoms with Gasteiger partial charge in [0.15, 0.2) is 0 Å². The van der Waals surface area contributed by atoms with Crippen molar-refractivity contribution in [3.8, 4) is 12.1 Å². The zero-order valence-corrected chi connectivity index (χ0v) is 9.58. The smallest absolute Gasteiger partial charge is 0.145 e. The van der Waals surface area contributed by atoms with E-state index in [4.69, 9.17) is 10.5 Å². The average Bonchev–Trinajstić information content (AvgIpc) is 2.33. The number of nitrogens with one attached hydrogen (secondary N) is 1. The molecule has 0 saturated carbocycles. The van der Waals surface area contributed by atoms with E-state index in [0.29, 0.717) is 0 Å². The molecule has 1 rings (SSSR count). The first kappa shape index (κ1) is 12.1. The molecule has 0 aliphatic rings. The largest absolute Gasteiger partial charge is 0.359 e. The van der Waals surface area contributed by atoms with Gasteiger partial charge in [0.2, 0.25) is 0 Å². The quantitative estimate of drug-likeness (QED) is 0.635. The fraction of sp³-hybridized carbons (Fsp3) is 0.182. The highest BCUT2D eigenvalue weighted by atomic mass is 32.2. The van der Waals surface area contributed by atoms with Gasteiger partial charge >= 0.3 is 0 Å². The monoisotopic (exact) mass is 230 g/mol. The van der Waals surface area contributed by atoms with Crippen molar-refractivity contribution in [2.75, 3.05) is 11.1 Å². The summed E-state index contributed by atoms with van der Waals surface area (Å²) in [7, 11) is 0. The van der Waals surface area contributed by atoms with Crippen LogP contribution < -0.4 is 5.32 Å². The third-order valence-electron chi connectivity index (χ3n) is 1.65. The Hall–Kier alpha value is -1.98. The predicted octanol–water partition coefficient (Wildman–Crippen LogP) is 2.54. The fourth-order valence-electron chi connectivity index (χ4n) is 0.944. The number of pyridine rings is 1. The van der Waals surface area contributed by atoms with E-state index < -0.39 is 0 Å². The van der Waals surface area contributed by atoms with Gasteiger partial charge in [-0.1, -0.05) is 6.92 Å². The zero-order valence-electron chi connectivity index (χ0n) is 8.77. The molecule has 0 fully saturated rings. The highest BCUT2D eigenvalue weighted by Crippen LogP contribution is 2.16. The van der Waals surface area contributed by atoms with Gasteiger partial charge in [-0.05, 0) is 17.9 Å². The van der Waals surface area contributed by atoms with Gasteiger partial charge in [0.05, 0.1) is 16.9 Å². The second-order valence-electron chi connectivity index (χ2n) is 2.74. The number of nitriles is 2. The van der Waals surface area contributed by atoms with Gasteiger partial charge < -0.3 is 5.32 Å². The summed E-state index contributed by atoms with van der Waals surface area (Å²) in [6, 6.07) is 7.28. The van der Waals surface area contributed by atoms with Crippen LogP contribution in [0, 0.1) is 22.7 Å². The van der Waals surface area contributed by atoms with Crippen molar-refractivity contribution in [1.82, 2.24) is 4.98 Å².